The van der Waals surface area contributed by atoms with Crippen molar-refractivity contribution in [2.24, 2.45) is 5.41 Å². The Kier molecular flexibility index (Phi) is 6.21. The highest BCUT2D eigenvalue weighted by molar-refractivity contribution is 5.84. The number of carbonyl (C=O) groups is 2. The number of carbonyl (C=O) groups excluding carboxylic acids is 2. The van der Waals surface area contributed by atoms with E-state index in [-0.39, 0.29) is 31.2 Å². The Morgan fingerprint density at radius 1 is 1.31 bits per heavy atom. The predicted molar refractivity (Wildman–Crippen MR) is 57.7 cm³/mol. The van der Waals surface area contributed by atoms with Crippen molar-refractivity contribution in [3.63, 3.8) is 0 Å². The highest BCUT2D eigenvalue weighted by Gasteiger charge is 2.32. The van der Waals surface area contributed by atoms with Gasteiger partial charge in [0.15, 0.2) is 5.78 Å². The Balaban J connectivity index is 4.03. The van der Waals surface area contributed by atoms with Crippen LogP contribution in [-0.2, 0) is 14.3 Å². The van der Waals surface area contributed by atoms with E-state index in [4.69, 9.17) is 5.11 Å². The molecule has 0 aliphatic carbocycles. The number of ketones is 1. The summed E-state index contributed by atoms with van der Waals surface area (Å²) in [5.41, 5.74) is -0.845. The fourth-order valence-corrected chi connectivity index (χ4v) is 1.17. The van der Waals surface area contributed by atoms with Crippen LogP contribution in [0.4, 0.5) is 0 Å². The van der Waals surface area contributed by atoms with Crippen LogP contribution in [0.2, 0.25) is 0 Å². The van der Waals surface area contributed by atoms with E-state index in [0.717, 1.165) is 0 Å². The van der Waals surface area contributed by atoms with Crippen LogP contribution in [0.3, 0.4) is 0 Å². The first-order valence-corrected chi connectivity index (χ1v) is 5.23. The van der Waals surface area contributed by atoms with Crippen LogP contribution in [0.25, 0.3) is 0 Å². The van der Waals surface area contributed by atoms with Gasteiger partial charge in [0.1, 0.15) is 6.10 Å². The van der Waals surface area contributed by atoms with Crippen LogP contribution in [0.1, 0.15) is 33.1 Å². The molecule has 0 aromatic rings. The van der Waals surface area contributed by atoms with Crippen molar-refractivity contribution < 1.29 is 24.5 Å². The number of hydrogen-bond acceptors (Lipinski definition) is 5. The number of hydrogen-bond donors (Lipinski definition) is 2. The summed E-state index contributed by atoms with van der Waals surface area (Å²) < 4.78 is 4.43. The minimum absolute atomic E-state index is 0.111. The predicted octanol–water partition coefficient (Wildman–Crippen LogP) is 0.278. The molecule has 2 N–H and O–H groups in total. The second kappa shape index (κ2) is 6.60. The van der Waals surface area contributed by atoms with Gasteiger partial charge in [-0.1, -0.05) is 13.8 Å². The SMILES string of the molecule is COC(=O)CCCC(=O)[C@H](O)C(C)(C)CO. The number of aliphatic hydroxyl groups is 2. The summed E-state index contributed by atoms with van der Waals surface area (Å²) in [5, 5.41) is 18.6. The molecule has 0 spiro atoms. The minimum atomic E-state index is -1.20. The Bertz CT molecular complexity index is 247. The number of esters is 1. The van der Waals surface area contributed by atoms with Gasteiger partial charge in [-0.15, -0.1) is 0 Å². The van der Waals surface area contributed by atoms with E-state index in [1.54, 1.807) is 13.8 Å². The van der Waals surface area contributed by atoms with Gasteiger partial charge in [-0.3, -0.25) is 9.59 Å². The minimum Gasteiger partial charge on any atom is -0.469 e. The molecule has 5 nitrogen and oxygen atoms in total. The van der Waals surface area contributed by atoms with Gasteiger partial charge >= 0.3 is 5.97 Å². The molecule has 0 radical (unpaired) electrons. The normalized spacial score (nSPS) is 13.3. The van der Waals surface area contributed by atoms with Crippen LogP contribution in [0, 0.1) is 5.41 Å². The number of aliphatic hydroxyl groups excluding tert-OH is 2. The third-order valence-electron chi connectivity index (χ3n) is 2.48. The van der Waals surface area contributed by atoms with Crippen molar-refractivity contribution in [3.8, 4) is 0 Å². The number of ether oxygens (including phenoxy) is 1. The molecular formula is C11H20O5. The number of Topliss-reactive ketones (excluding diaryl/α,β-unsaturated/α-hetero) is 1. The van der Waals surface area contributed by atoms with E-state index in [1.807, 2.05) is 0 Å². The van der Waals surface area contributed by atoms with Gasteiger partial charge in [0, 0.05) is 18.3 Å². The van der Waals surface area contributed by atoms with E-state index in [9.17, 15) is 14.7 Å². The average molecular weight is 232 g/mol. The molecule has 16 heavy (non-hydrogen) atoms. The molecule has 0 aliphatic heterocycles. The standard InChI is InChI=1S/C11H20O5/c1-11(2,7-12)10(15)8(13)5-4-6-9(14)16-3/h10,12,15H,4-7H2,1-3H3/t10-/m0/s1. The topological polar surface area (TPSA) is 83.8 Å². The van der Waals surface area contributed by atoms with Crippen molar-refractivity contribution in [2.75, 3.05) is 13.7 Å². The van der Waals surface area contributed by atoms with Gasteiger partial charge in [-0.05, 0) is 6.42 Å². The molecule has 1 atom stereocenters. The number of rotatable bonds is 7. The van der Waals surface area contributed by atoms with Gasteiger partial charge in [0.05, 0.1) is 13.7 Å². The lowest BCUT2D eigenvalue weighted by Gasteiger charge is -2.26. The molecule has 94 valence electrons. The van der Waals surface area contributed by atoms with Crippen LogP contribution < -0.4 is 0 Å². The lowest BCUT2D eigenvalue weighted by molar-refractivity contribution is -0.141. The Morgan fingerprint density at radius 2 is 1.88 bits per heavy atom. The maximum atomic E-state index is 11.5. The molecule has 5 heteroatoms. The zero-order valence-corrected chi connectivity index (χ0v) is 10.0. The summed E-state index contributed by atoms with van der Waals surface area (Å²) in [6.45, 7) is 2.95. The monoisotopic (exact) mass is 232 g/mol. The first-order valence-electron chi connectivity index (χ1n) is 5.23. The first kappa shape index (κ1) is 15.1. The molecule has 0 aliphatic rings. The zero-order chi connectivity index (χ0) is 12.8. The average Bonchev–Trinajstić information content (AvgIpc) is 2.27. The summed E-state index contributed by atoms with van der Waals surface area (Å²) in [7, 11) is 1.29. The lowest BCUT2D eigenvalue weighted by Crippen LogP contribution is -2.39. The Labute approximate surface area is 95.4 Å². The highest BCUT2D eigenvalue weighted by Crippen LogP contribution is 2.21. The lowest BCUT2D eigenvalue weighted by atomic mass is 9.84. The maximum absolute atomic E-state index is 11.5. The van der Waals surface area contributed by atoms with Crippen molar-refractivity contribution in [2.45, 2.75) is 39.2 Å². The van der Waals surface area contributed by atoms with Crippen LogP contribution in [0.5, 0.6) is 0 Å². The summed E-state index contributed by atoms with van der Waals surface area (Å²) in [6, 6.07) is 0. The van der Waals surface area contributed by atoms with E-state index in [2.05, 4.69) is 4.74 Å². The van der Waals surface area contributed by atoms with Crippen molar-refractivity contribution in [1.29, 1.82) is 0 Å². The molecule has 0 amide bonds. The summed E-state index contributed by atoms with van der Waals surface area (Å²) in [6.07, 6.45) is -0.576. The summed E-state index contributed by atoms with van der Waals surface area (Å²) >= 11 is 0. The first-order chi connectivity index (χ1) is 7.35. The largest absolute Gasteiger partial charge is 0.469 e. The third kappa shape index (κ3) is 4.72. The second-order valence-electron chi connectivity index (χ2n) is 4.45. The quantitative estimate of drug-likeness (QED) is 0.616. The zero-order valence-electron chi connectivity index (χ0n) is 10.0. The molecular weight excluding hydrogens is 212 g/mol. The van der Waals surface area contributed by atoms with Gasteiger partial charge < -0.3 is 14.9 Å². The van der Waals surface area contributed by atoms with Gasteiger partial charge in [0.25, 0.3) is 0 Å². The molecule has 0 fully saturated rings. The summed E-state index contributed by atoms with van der Waals surface area (Å²) in [4.78, 5) is 22.3. The maximum Gasteiger partial charge on any atom is 0.305 e. The molecule has 0 saturated carbocycles. The molecule has 0 heterocycles. The molecule has 0 unspecified atom stereocenters. The van der Waals surface area contributed by atoms with Crippen LogP contribution in [0.15, 0.2) is 0 Å². The van der Waals surface area contributed by atoms with Crippen molar-refractivity contribution in [3.05, 3.63) is 0 Å². The van der Waals surface area contributed by atoms with E-state index in [0.29, 0.717) is 6.42 Å². The smallest absolute Gasteiger partial charge is 0.305 e. The molecule has 0 aromatic heterocycles. The van der Waals surface area contributed by atoms with Gasteiger partial charge in [-0.25, -0.2) is 0 Å². The Morgan fingerprint density at radius 3 is 2.31 bits per heavy atom. The van der Waals surface area contributed by atoms with Crippen molar-refractivity contribution in [1.82, 2.24) is 0 Å². The van der Waals surface area contributed by atoms with E-state index < -0.39 is 11.5 Å². The van der Waals surface area contributed by atoms with Crippen LogP contribution in [-0.4, -0.2) is 41.8 Å². The number of methoxy groups -OCH3 is 1. The third-order valence-corrected chi connectivity index (χ3v) is 2.48. The fourth-order valence-electron chi connectivity index (χ4n) is 1.17. The molecule has 0 bridgehead atoms. The van der Waals surface area contributed by atoms with Crippen molar-refractivity contribution >= 4 is 11.8 Å². The second-order valence-corrected chi connectivity index (χ2v) is 4.45. The van der Waals surface area contributed by atoms with Crippen LogP contribution >= 0.6 is 0 Å². The molecule has 0 saturated heterocycles. The van der Waals surface area contributed by atoms with E-state index in [1.165, 1.54) is 7.11 Å². The molecule has 0 rings (SSSR count). The van der Waals surface area contributed by atoms with Gasteiger partial charge in [0.2, 0.25) is 0 Å². The highest BCUT2D eigenvalue weighted by atomic mass is 16.5. The van der Waals surface area contributed by atoms with E-state index >= 15 is 0 Å². The van der Waals surface area contributed by atoms with Gasteiger partial charge in [-0.2, -0.15) is 0 Å². The Hall–Kier alpha value is -0.940. The molecule has 0 aromatic carbocycles. The fraction of sp³-hybridized carbons (Fsp3) is 0.818. The summed E-state index contributed by atoms with van der Waals surface area (Å²) in [5.74, 6) is -0.730.